The van der Waals surface area contributed by atoms with Crippen LogP contribution in [-0.2, 0) is 20.6 Å². The van der Waals surface area contributed by atoms with Crippen LogP contribution in [0.5, 0.6) is 0 Å². The number of halogens is 2. The van der Waals surface area contributed by atoms with Gasteiger partial charge in [-0.3, -0.25) is 18.5 Å². The normalized spacial score (nSPS) is 14.2. The summed E-state index contributed by atoms with van der Waals surface area (Å²) in [5.74, 6) is 0.680. The van der Waals surface area contributed by atoms with Gasteiger partial charge < -0.3 is 9.80 Å². The second-order valence-electron chi connectivity index (χ2n) is 9.37. The zero-order valence-electron chi connectivity index (χ0n) is 20.8. The fourth-order valence-corrected chi connectivity index (χ4v) is 5.27. The molecule has 0 spiro atoms. The molecule has 0 atom stereocenters. The Balaban J connectivity index is 1.58. The van der Waals surface area contributed by atoms with Crippen molar-refractivity contribution in [3.63, 3.8) is 0 Å². The Hall–Kier alpha value is -3.23. The Labute approximate surface area is 218 Å². The maximum absolute atomic E-state index is 13.3. The van der Waals surface area contributed by atoms with Gasteiger partial charge in [0.05, 0.1) is 6.54 Å². The number of hydrogen-bond acceptors (Lipinski definition) is 5. The average Bonchev–Trinajstić information content (AvgIpc) is 3.24. The van der Waals surface area contributed by atoms with E-state index < -0.39 is 5.69 Å². The highest BCUT2D eigenvalue weighted by molar-refractivity contribution is 6.32. The molecule has 0 N–H and O–H groups in total. The van der Waals surface area contributed by atoms with Crippen molar-refractivity contribution in [3.8, 4) is 0 Å². The van der Waals surface area contributed by atoms with Crippen LogP contribution in [0.25, 0.3) is 11.2 Å². The van der Waals surface area contributed by atoms with Gasteiger partial charge in [0.15, 0.2) is 11.2 Å². The smallest absolute Gasteiger partial charge is 0.332 e. The molecule has 8 nitrogen and oxygen atoms in total. The summed E-state index contributed by atoms with van der Waals surface area (Å²) in [4.78, 5) is 35.2. The molecule has 0 amide bonds. The van der Waals surface area contributed by atoms with E-state index in [2.05, 4.69) is 15.9 Å². The minimum atomic E-state index is -0.396. The molecule has 36 heavy (non-hydrogen) atoms. The van der Waals surface area contributed by atoms with Crippen LogP contribution >= 0.6 is 23.2 Å². The van der Waals surface area contributed by atoms with Crippen molar-refractivity contribution in [1.82, 2.24) is 18.7 Å². The Morgan fingerprint density at radius 2 is 1.53 bits per heavy atom. The zero-order chi connectivity index (χ0) is 25.7. The summed E-state index contributed by atoms with van der Waals surface area (Å²) < 4.78 is 4.52. The molecular formula is C26H28Cl2N6O2. The van der Waals surface area contributed by atoms with Gasteiger partial charge in [-0.1, -0.05) is 41.4 Å². The number of aromatic nitrogens is 4. The van der Waals surface area contributed by atoms with Gasteiger partial charge in [-0.15, -0.1) is 0 Å². The number of hydrogen-bond donors (Lipinski definition) is 0. The number of piperazine rings is 1. The summed E-state index contributed by atoms with van der Waals surface area (Å²) in [5.41, 5.74) is 4.11. The molecule has 1 aliphatic rings. The van der Waals surface area contributed by atoms with E-state index in [0.717, 1.165) is 45.1 Å². The highest BCUT2D eigenvalue weighted by Crippen LogP contribution is 2.27. The maximum atomic E-state index is 13.3. The molecule has 0 radical (unpaired) electrons. The second kappa shape index (κ2) is 9.33. The molecule has 10 heteroatoms. The lowest BCUT2D eigenvalue weighted by molar-refractivity contribution is 0.625. The first-order chi connectivity index (χ1) is 17.2. The number of nitrogens with zero attached hydrogens (tertiary/aromatic N) is 6. The van der Waals surface area contributed by atoms with E-state index in [9.17, 15) is 9.59 Å². The molecule has 0 bridgehead atoms. The molecule has 1 saturated heterocycles. The maximum Gasteiger partial charge on any atom is 0.332 e. The predicted octanol–water partition coefficient (Wildman–Crippen LogP) is 3.73. The van der Waals surface area contributed by atoms with Gasteiger partial charge in [0.1, 0.15) is 0 Å². The molecule has 3 heterocycles. The lowest BCUT2D eigenvalue weighted by Gasteiger charge is -2.36. The zero-order valence-corrected chi connectivity index (χ0v) is 22.3. The Kier molecular flexibility index (Phi) is 6.34. The Morgan fingerprint density at radius 1 is 0.889 bits per heavy atom. The predicted molar refractivity (Wildman–Crippen MR) is 146 cm³/mol. The van der Waals surface area contributed by atoms with E-state index in [1.807, 2.05) is 48.7 Å². The summed E-state index contributed by atoms with van der Waals surface area (Å²) in [7, 11) is 3.15. The quantitative estimate of drug-likeness (QED) is 0.405. The highest BCUT2D eigenvalue weighted by atomic mass is 35.5. The third-order valence-electron chi connectivity index (χ3n) is 6.90. The van der Waals surface area contributed by atoms with E-state index in [0.29, 0.717) is 41.8 Å². The molecule has 1 aliphatic heterocycles. The summed E-state index contributed by atoms with van der Waals surface area (Å²) in [6.07, 6.45) is 0. The Bertz CT molecular complexity index is 1570. The summed E-state index contributed by atoms with van der Waals surface area (Å²) in [6, 6.07) is 11.9. The van der Waals surface area contributed by atoms with Crippen LogP contribution in [0.1, 0.15) is 16.7 Å². The van der Waals surface area contributed by atoms with Crippen molar-refractivity contribution in [2.75, 3.05) is 36.0 Å². The lowest BCUT2D eigenvalue weighted by atomic mass is 10.1. The van der Waals surface area contributed by atoms with Gasteiger partial charge in [0, 0.05) is 56.0 Å². The lowest BCUT2D eigenvalue weighted by Crippen LogP contribution is -2.47. The first kappa shape index (κ1) is 24.5. The summed E-state index contributed by atoms with van der Waals surface area (Å²) in [6.45, 7) is 7.37. The van der Waals surface area contributed by atoms with Crippen molar-refractivity contribution < 1.29 is 0 Å². The van der Waals surface area contributed by atoms with E-state index >= 15 is 0 Å². The van der Waals surface area contributed by atoms with Crippen molar-refractivity contribution in [3.05, 3.63) is 84.0 Å². The standard InChI is InChI=1S/C26H28Cl2N6O2/c1-16-12-18(13-17(2)21(16)28)15-34-22-23(30(3)26(36)31(4)24(22)35)29-25(34)33-10-8-32(9-11-33)20-7-5-6-19(27)14-20/h5-7,12-14H,8-11,15H2,1-4H3. The van der Waals surface area contributed by atoms with Gasteiger partial charge in [-0.05, 0) is 48.7 Å². The molecule has 0 unspecified atom stereocenters. The summed E-state index contributed by atoms with van der Waals surface area (Å²) in [5, 5.41) is 1.45. The molecular weight excluding hydrogens is 499 g/mol. The van der Waals surface area contributed by atoms with E-state index in [1.165, 1.54) is 11.6 Å². The Morgan fingerprint density at radius 3 is 2.17 bits per heavy atom. The van der Waals surface area contributed by atoms with E-state index in [4.69, 9.17) is 28.2 Å². The van der Waals surface area contributed by atoms with Crippen LogP contribution in [0.2, 0.25) is 10.0 Å². The van der Waals surface area contributed by atoms with Crippen molar-refractivity contribution in [1.29, 1.82) is 0 Å². The minimum absolute atomic E-state index is 0.355. The highest BCUT2D eigenvalue weighted by Gasteiger charge is 2.26. The molecule has 0 aliphatic carbocycles. The van der Waals surface area contributed by atoms with Crippen LogP contribution in [-0.4, -0.2) is 44.9 Å². The second-order valence-corrected chi connectivity index (χ2v) is 10.2. The van der Waals surface area contributed by atoms with Crippen LogP contribution < -0.4 is 21.0 Å². The minimum Gasteiger partial charge on any atom is -0.368 e. The number of imidazole rings is 1. The number of rotatable bonds is 4. The monoisotopic (exact) mass is 526 g/mol. The summed E-state index contributed by atoms with van der Waals surface area (Å²) >= 11 is 12.6. The molecule has 5 rings (SSSR count). The van der Waals surface area contributed by atoms with Gasteiger partial charge in [-0.2, -0.15) is 4.98 Å². The van der Waals surface area contributed by atoms with E-state index in [1.54, 1.807) is 7.05 Å². The van der Waals surface area contributed by atoms with Gasteiger partial charge in [0.2, 0.25) is 5.95 Å². The fraction of sp³-hybridized carbons (Fsp3) is 0.346. The van der Waals surface area contributed by atoms with Gasteiger partial charge in [0.25, 0.3) is 5.56 Å². The van der Waals surface area contributed by atoms with Gasteiger partial charge in [-0.25, -0.2) is 4.79 Å². The third kappa shape index (κ3) is 4.18. The van der Waals surface area contributed by atoms with Crippen molar-refractivity contribution >= 4 is 46.0 Å². The molecule has 2 aromatic carbocycles. The van der Waals surface area contributed by atoms with Crippen molar-refractivity contribution in [2.45, 2.75) is 20.4 Å². The third-order valence-corrected chi connectivity index (χ3v) is 7.73. The number of fused-ring (bicyclic) bond motifs is 1. The van der Waals surface area contributed by atoms with Crippen LogP contribution in [0.15, 0.2) is 46.0 Å². The van der Waals surface area contributed by atoms with Crippen LogP contribution in [0.4, 0.5) is 11.6 Å². The topological polar surface area (TPSA) is 68.3 Å². The van der Waals surface area contributed by atoms with Crippen molar-refractivity contribution in [2.24, 2.45) is 14.1 Å². The molecule has 188 valence electrons. The number of aryl methyl sites for hydroxylation is 3. The van der Waals surface area contributed by atoms with Crippen LogP contribution in [0, 0.1) is 13.8 Å². The first-order valence-corrected chi connectivity index (χ1v) is 12.6. The number of anilines is 2. The van der Waals surface area contributed by atoms with Gasteiger partial charge >= 0.3 is 5.69 Å². The molecule has 0 saturated carbocycles. The first-order valence-electron chi connectivity index (χ1n) is 11.8. The largest absolute Gasteiger partial charge is 0.368 e. The molecule has 1 fully saturated rings. The molecule has 4 aromatic rings. The fourth-order valence-electron chi connectivity index (χ4n) is 4.97. The van der Waals surface area contributed by atoms with E-state index in [-0.39, 0.29) is 5.56 Å². The van der Waals surface area contributed by atoms with Crippen LogP contribution in [0.3, 0.4) is 0 Å². The number of benzene rings is 2. The SMILES string of the molecule is Cc1cc(Cn2c(N3CCN(c4cccc(Cl)c4)CC3)nc3c2c(=O)n(C)c(=O)n3C)cc(C)c1Cl. The molecule has 2 aromatic heterocycles. The average molecular weight is 527 g/mol.